The predicted molar refractivity (Wildman–Crippen MR) is 61.1 cm³/mol. The van der Waals surface area contributed by atoms with E-state index in [1.165, 1.54) is 0 Å². The fourth-order valence-corrected chi connectivity index (χ4v) is 1.69. The molecule has 0 radical (unpaired) electrons. The Kier molecular flexibility index (Phi) is 4.23. The predicted octanol–water partition coefficient (Wildman–Crippen LogP) is 1.24. The van der Waals surface area contributed by atoms with Gasteiger partial charge in [0.1, 0.15) is 12.7 Å². The van der Waals surface area contributed by atoms with Crippen molar-refractivity contribution in [2.24, 2.45) is 0 Å². The van der Waals surface area contributed by atoms with Crippen LogP contribution in [0.25, 0.3) is 0 Å². The number of benzene rings is 1. The van der Waals surface area contributed by atoms with Gasteiger partial charge in [-0.05, 0) is 0 Å². The molecule has 0 saturated carbocycles. The van der Waals surface area contributed by atoms with Crippen LogP contribution in [0.3, 0.4) is 0 Å². The molecule has 0 spiro atoms. The van der Waals surface area contributed by atoms with E-state index in [0.29, 0.717) is 25.3 Å². The van der Waals surface area contributed by atoms with Crippen LogP contribution < -0.4 is 10.1 Å². The van der Waals surface area contributed by atoms with Gasteiger partial charge in [0, 0.05) is 13.1 Å². The Morgan fingerprint density at radius 2 is 2.16 bits per heavy atom. The zero-order chi connectivity index (χ0) is 13.8. The van der Waals surface area contributed by atoms with Gasteiger partial charge < -0.3 is 14.8 Å². The first-order valence-corrected chi connectivity index (χ1v) is 5.66. The minimum absolute atomic E-state index is 0.0291. The maximum atomic E-state index is 13.5. The van der Waals surface area contributed by atoms with Crippen molar-refractivity contribution < 1.29 is 23.2 Å². The van der Waals surface area contributed by atoms with Gasteiger partial charge in [-0.3, -0.25) is 10.1 Å². The third-order valence-electron chi connectivity index (χ3n) is 2.61. The van der Waals surface area contributed by atoms with Crippen molar-refractivity contribution in [3.05, 3.63) is 33.9 Å². The Balaban J connectivity index is 2.05. The highest BCUT2D eigenvalue weighted by molar-refractivity contribution is 5.39. The van der Waals surface area contributed by atoms with Crippen LogP contribution in [0, 0.1) is 21.7 Å². The maximum Gasteiger partial charge on any atom is 0.275 e. The number of hydrogen-bond donors (Lipinski definition) is 1. The van der Waals surface area contributed by atoms with E-state index in [-0.39, 0.29) is 12.7 Å². The van der Waals surface area contributed by atoms with Crippen LogP contribution in [0.15, 0.2) is 12.1 Å². The van der Waals surface area contributed by atoms with E-state index in [1.54, 1.807) is 0 Å². The standard InChI is InChI=1S/C11H12F2N2O4/c12-9-3-7(15(16)17)4-10(13)11(9)19-6-8-5-14-1-2-18-8/h3-4,8,14H,1-2,5-6H2. The van der Waals surface area contributed by atoms with Crippen molar-refractivity contribution in [1.82, 2.24) is 5.32 Å². The third-order valence-corrected chi connectivity index (χ3v) is 2.61. The van der Waals surface area contributed by atoms with Crippen molar-refractivity contribution in [2.45, 2.75) is 6.10 Å². The third kappa shape index (κ3) is 3.36. The maximum absolute atomic E-state index is 13.5. The SMILES string of the molecule is O=[N+]([O-])c1cc(F)c(OCC2CNCCO2)c(F)c1. The summed E-state index contributed by atoms with van der Waals surface area (Å²) in [6.45, 7) is 1.71. The van der Waals surface area contributed by atoms with Crippen molar-refractivity contribution >= 4 is 5.69 Å². The van der Waals surface area contributed by atoms with E-state index in [1.807, 2.05) is 0 Å². The van der Waals surface area contributed by atoms with Gasteiger partial charge in [-0.1, -0.05) is 0 Å². The molecule has 8 heteroatoms. The smallest absolute Gasteiger partial charge is 0.275 e. The molecule has 19 heavy (non-hydrogen) atoms. The van der Waals surface area contributed by atoms with Crippen LogP contribution in [-0.4, -0.2) is 37.3 Å². The number of halogens is 2. The Morgan fingerprint density at radius 3 is 2.68 bits per heavy atom. The number of nitrogens with one attached hydrogen (secondary N) is 1. The molecule has 1 aromatic carbocycles. The molecule has 1 unspecified atom stereocenters. The van der Waals surface area contributed by atoms with Crippen molar-refractivity contribution in [3.8, 4) is 5.75 Å². The summed E-state index contributed by atoms with van der Waals surface area (Å²) in [5.41, 5.74) is -0.655. The molecule has 1 aliphatic heterocycles. The molecule has 1 fully saturated rings. The van der Waals surface area contributed by atoms with Crippen molar-refractivity contribution in [2.75, 3.05) is 26.3 Å². The Hall–Kier alpha value is -1.80. The summed E-state index contributed by atoms with van der Waals surface area (Å²) < 4.78 is 37.3. The average molecular weight is 274 g/mol. The second-order valence-electron chi connectivity index (χ2n) is 4.00. The normalized spacial score (nSPS) is 19.2. The summed E-state index contributed by atoms with van der Waals surface area (Å²) in [4.78, 5) is 9.55. The van der Waals surface area contributed by atoms with Crippen LogP contribution in [0.1, 0.15) is 0 Å². The molecule has 6 nitrogen and oxygen atoms in total. The summed E-state index contributed by atoms with van der Waals surface area (Å²) in [5.74, 6) is -2.83. The molecular weight excluding hydrogens is 262 g/mol. The average Bonchev–Trinajstić information content (AvgIpc) is 2.38. The molecule has 2 rings (SSSR count). The Morgan fingerprint density at radius 1 is 1.47 bits per heavy atom. The number of nitro groups is 1. The molecule has 0 aliphatic carbocycles. The minimum Gasteiger partial charge on any atom is -0.485 e. The topological polar surface area (TPSA) is 73.6 Å². The zero-order valence-electron chi connectivity index (χ0n) is 9.90. The van der Waals surface area contributed by atoms with Crippen LogP contribution in [0.2, 0.25) is 0 Å². The van der Waals surface area contributed by atoms with Crippen LogP contribution >= 0.6 is 0 Å². The molecule has 104 valence electrons. The molecule has 0 amide bonds. The molecule has 0 aromatic heterocycles. The molecule has 1 N–H and O–H groups in total. The number of morpholine rings is 1. The van der Waals surface area contributed by atoms with Gasteiger partial charge in [-0.25, -0.2) is 8.78 Å². The second kappa shape index (κ2) is 5.89. The van der Waals surface area contributed by atoms with Gasteiger partial charge >= 0.3 is 0 Å². The summed E-state index contributed by atoms with van der Waals surface area (Å²) in [6.07, 6.45) is -0.303. The molecular formula is C11H12F2N2O4. The van der Waals surface area contributed by atoms with Gasteiger partial charge in [0.25, 0.3) is 5.69 Å². The van der Waals surface area contributed by atoms with E-state index in [4.69, 9.17) is 9.47 Å². The van der Waals surface area contributed by atoms with Gasteiger partial charge in [-0.15, -0.1) is 0 Å². The van der Waals surface area contributed by atoms with Crippen LogP contribution in [0.5, 0.6) is 5.75 Å². The summed E-state index contributed by atoms with van der Waals surface area (Å²) in [7, 11) is 0. The van der Waals surface area contributed by atoms with Crippen molar-refractivity contribution in [1.29, 1.82) is 0 Å². The fraction of sp³-hybridized carbons (Fsp3) is 0.455. The van der Waals surface area contributed by atoms with Gasteiger partial charge in [0.2, 0.25) is 0 Å². The molecule has 1 saturated heterocycles. The highest BCUT2D eigenvalue weighted by Gasteiger charge is 2.20. The largest absolute Gasteiger partial charge is 0.485 e. The fourth-order valence-electron chi connectivity index (χ4n) is 1.69. The van der Waals surface area contributed by atoms with E-state index in [2.05, 4.69) is 5.32 Å². The number of nitrogens with zero attached hydrogens (tertiary/aromatic N) is 1. The monoisotopic (exact) mass is 274 g/mol. The first kappa shape index (κ1) is 13.6. The lowest BCUT2D eigenvalue weighted by atomic mass is 10.2. The van der Waals surface area contributed by atoms with Gasteiger partial charge in [-0.2, -0.15) is 0 Å². The number of nitro benzene ring substituents is 1. The van der Waals surface area contributed by atoms with E-state index >= 15 is 0 Å². The van der Waals surface area contributed by atoms with Gasteiger partial charge in [0.15, 0.2) is 17.4 Å². The molecule has 0 bridgehead atoms. The molecule has 1 heterocycles. The minimum atomic E-state index is -1.10. The van der Waals surface area contributed by atoms with Crippen LogP contribution in [-0.2, 0) is 4.74 Å². The zero-order valence-corrected chi connectivity index (χ0v) is 9.90. The Labute approximate surface area is 107 Å². The lowest BCUT2D eigenvalue weighted by Gasteiger charge is -2.23. The first-order valence-electron chi connectivity index (χ1n) is 5.66. The molecule has 1 aromatic rings. The number of rotatable bonds is 4. The lowest BCUT2D eigenvalue weighted by Crippen LogP contribution is -2.41. The van der Waals surface area contributed by atoms with Gasteiger partial charge in [0.05, 0.1) is 23.7 Å². The molecule has 1 atom stereocenters. The second-order valence-corrected chi connectivity index (χ2v) is 4.00. The lowest BCUT2D eigenvalue weighted by molar-refractivity contribution is -0.385. The van der Waals surface area contributed by atoms with Crippen molar-refractivity contribution in [3.63, 3.8) is 0 Å². The highest BCUT2D eigenvalue weighted by Crippen LogP contribution is 2.27. The first-order chi connectivity index (χ1) is 9.08. The summed E-state index contributed by atoms with van der Waals surface area (Å²) >= 11 is 0. The summed E-state index contributed by atoms with van der Waals surface area (Å²) in [5, 5.41) is 13.5. The summed E-state index contributed by atoms with van der Waals surface area (Å²) in [6, 6.07) is 1.25. The highest BCUT2D eigenvalue weighted by atomic mass is 19.1. The number of non-ortho nitro benzene ring substituents is 1. The quantitative estimate of drug-likeness (QED) is 0.660. The molecule has 1 aliphatic rings. The van der Waals surface area contributed by atoms with Crippen LogP contribution in [0.4, 0.5) is 14.5 Å². The Bertz CT molecular complexity index is 455. The number of hydrogen-bond acceptors (Lipinski definition) is 5. The van der Waals surface area contributed by atoms with E-state index < -0.39 is 28.0 Å². The number of ether oxygens (including phenoxy) is 2. The van der Waals surface area contributed by atoms with E-state index in [0.717, 1.165) is 6.54 Å². The van der Waals surface area contributed by atoms with E-state index in [9.17, 15) is 18.9 Å².